The lowest BCUT2D eigenvalue weighted by molar-refractivity contribution is -0.113. The maximum atomic E-state index is 12.3. The van der Waals surface area contributed by atoms with Gasteiger partial charge in [0.25, 0.3) is 0 Å². The average Bonchev–Trinajstić information content (AvgIpc) is 3.26. The molecule has 0 radical (unpaired) electrons. The molecule has 0 fully saturated rings. The Hall–Kier alpha value is -2.12. The van der Waals surface area contributed by atoms with Crippen LogP contribution in [0.2, 0.25) is 0 Å². The van der Waals surface area contributed by atoms with E-state index in [9.17, 15) is 4.79 Å². The highest BCUT2D eigenvalue weighted by atomic mass is 127. The maximum Gasteiger partial charge on any atom is 0.236 e. The summed E-state index contributed by atoms with van der Waals surface area (Å²) in [7, 11) is 3.16. The molecule has 0 aliphatic carbocycles. The summed E-state index contributed by atoms with van der Waals surface area (Å²) in [6.07, 6.45) is 1.73. The lowest BCUT2D eigenvalue weighted by atomic mass is 10.3. The number of imidazole rings is 1. The first-order valence-corrected chi connectivity index (χ1v) is 10.9. The van der Waals surface area contributed by atoms with E-state index in [0.717, 1.165) is 25.0 Å². The molecule has 2 N–H and O–H groups in total. The van der Waals surface area contributed by atoms with Gasteiger partial charge in [0.2, 0.25) is 5.91 Å². The van der Waals surface area contributed by atoms with Gasteiger partial charge < -0.3 is 19.8 Å². The van der Waals surface area contributed by atoms with Crippen LogP contribution in [-0.4, -0.2) is 45.8 Å². The van der Waals surface area contributed by atoms with Crippen LogP contribution >= 0.6 is 45.7 Å². The number of halogens is 1. The summed E-state index contributed by atoms with van der Waals surface area (Å²) in [4.78, 5) is 28.6. The van der Waals surface area contributed by atoms with Crippen LogP contribution in [0, 0.1) is 3.70 Å². The Morgan fingerprint density at radius 1 is 1.21 bits per heavy atom. The topological polar surface area (TPSA) is 102 Å². The molecule has 4 rings (SSSR count). The number of anilines is 1. The van der Waals surface area contributed by atoms with Crippen LogP contribution in [-0.2, 0) is 4.79 Å². The van der Waals surface area contributed by atoms with Crippen LogP contribution in [0.1, 0.15) is 0 Å². The summed E-state index contributed by atoms with van der Waals surface area (Å²) in [6.45, 7) is 0. The Kier molecular flexibility index (Phi) is 5.55. The van der Waals surface area contributed by atoms with Crippen molar-refractivity contribution >= 4 is 78.0 Å². The second-order valence-electron chi connectivity index (χ2n) is 5.60. The number of nitrogens with one attached hydrogen (secondary N) is 2. The Morgan fingerprint density at radius 3 is 2.79 bits per heavy atom. The van der Waals surface area contributed by atoms with E-state index in [1.54, 1.807) is 26.5 Å². The highest BCUT2D eigenvalue weighted by molar-refractivity contribution is 14.1. The molecule has 1 aromatic carbocycles. The molecule has 0 unspecified atom stereocenters. The van der Waals surface area contributed by atoms with Crippen molar-refractivity contribution in [2.75, 3.05) is 25.3 Å². The van der Waals surface area contributed by atoms with E-state index in [-0.39, 0.29) is 11.7 Å². The largest absolute Gasteiger partial charge is 0.493 e. The minimum Gasteiger partial charge on any atom is -0.493 e. The first-order valence-electron chi connectivity index (χ1n) is 8.02. The predicted octanol–water partition coefficient (Wildman–Crippen LogP) is 3.92. The zero-order chi connectivity index (χ0) is 19.7. The van der Waals surface area contributed by atoms with Crippen LogP contribution in [0.5, 0.6) is 11.5 Å². The summed E-state index contributed by atoms with van der Waals surface area (Å²) < 4.78 is 12.4. The number of aromatic nitrogens is 4. The number of hydrogen-bond donors (Lipinski definition) is 2. The number of nitrogens with zero attached hydrogens (tertiary/aromatic N) is 3. The number of carbonyl (C=O) groups is 1. The highest BCUT2D eigenvalue weighted by Gasteiger charge is 2.13. The molecule has 11 heteroatoms. The number of thioether (sulfide) groups is 1. The van der Waals surface area contributed by atoms with Crippen LogP contribution in [0.15, 0.2) is 29.6 Å². The van der Waals surface area contributed by atoms with Crippen molar-refractivity contribution in [2.45, 2.75) is 5.16 Å². The van der Waals surface area contributed by atoms with E-state index < -0.39 is 0 Å². The Bertz CT molecular complexity index is 1140. The van der Waals surface area contributed by atoms with Gasteiger partial charge in [0, 0.05) is 12.1 Å². The molecular formula is C17H14IN5O3S2. The molecule has 144 valence electrons. The van der Waals surface area contributed by atoms with Gasteiger partial charge in [-0.25, -0.2) is 15.0 Å². The Labute approximate surface area is 181 Å². The number of thiazole rings is 1. The number of methoxy groups -OCH3 is 2. The zero-order valence-corrected chi connectivity index (χ0v) is 18.6. The van der Waals surface area contributed by atoms with Crippen LogP contribution in [0.3, 0.4) is 0 Å². The number of ether oxygens (including phenoxy) is 2. The van der Waals surface area contributed by atoms with Crippen molar-refractivity contribution in [3.63, 3.8) is 0 Å². The van der Waals surface area contributed by atoms with Crippen LogP contribution < -0.4 is 14.8 Å². The number of pyridine rings is 1. The number of hydrogen-bond acceptors (Lipinski definition) is 8. The molecule has 0 bridgehead atoms. The van der Waals surface area contributed by atoms with E-state index in [4.69, 9.17) is 9.47 Å². The van der Waals surface area contributed by atoms with E-state index in [0.29, 0.717) is 21.8 Å². The number of fused-ring (bicyclic) bond motifs is 2. The number of benzene rings is 1. The molecule has 0 spiro atoms. The summed E-state index contributed by atoms with van der Waals surface area (Å²) in [6, 6.07) is 5.53. The third kappa shape index (κ3) is 4.00. The lowest BCUT2D eigenvalue weighted by Crippen LogP contribution is -2.13. The summed E-state index contributed by atoms with van der Waals surface area (Å²) in [5, 5.41) is 4.03. The molecule has 0 saturated carbocycles. The summed E-state index contributed by atoms with van der Waals surface area (Å²) in [5.74, 6) is 1.28. The fourth-order valence-corrected chi connectivity index (χ4v) is 4.54. The molecule has 4 aromatic rings. The van der Waals surface area contributed by atoms with Crippen molar-refractivity contribution in [1.82, 2.24) is 19.9 Å². The molecule has 3 aromatic heterocycles. The smallest absolute Gasteiger partial charge is 0.236 e. The van der Waals surface area contributed by atoms with Gasteiger partial charge in [-0.2, -0.15) is 0 Å². The van der Waals surface area contributed by atoms with Gasteiger partial charge in [-0.15, -0.1) is 0 Å². The Morgan fingerprint density at radius 2 is 2.00 bits per heavy atom. The van der Waals surface area contributed by atoms with E-state index in [2.05, 4.69) is 47.8 Å². The van der Waals surface area contributed by atoms with E-state index in [1.807, 2.05) is 12.1 Å². The first kappa shape index (κ1) is 19.2. The van der Waals surface area contributed by atoms with Gasteiger partial charge in [0.1, 0.15) is 3.70 Å². The van der Waals surface area contributed by atoms with Crippen LogP contribution in [0.25, 0.3) is 21.3 Å². The zero-order valence-electron chi connectivity index (χ0n) is 14.8. The van der Waals surface area contributed by atoms with Crippen molar-refractivity contribution in [1.29, 1.82) is 0 Å². The van der Waals surface area contributed by atoms with E-state index >= 15 is 0 Å². The van der Waals surface area contributed by atoms with Crippen LogP contribution in [0.4, 0.5) is 5.13 Å². The maximum absolute atomic E-state index is 12.3. The molecule has 28 heavy (non-hydrogen) atoms. The molecule has 3 heterocycles. The first-order chi connectivity index (χ1) is 13.6. The number of amides is 1. The molecule has 0 aliphatic heterocycles. The van der Waals surface area contributed by atoms with E-state index in [1.165, 1.54) is 23.1 Å². The molecule has 1 amide bonds. The van der Waals surface area contributed by atoms with Crippen molar-refractivity contribution in [2.24, 2.45) is 0 Å². The van der Waals surface area contributed by atoms with Gasteiger partial charge in [-0.3, -0.25) is 4.79 Å². The van der Waals surface area contributed by atoms with Crippen molar-refractivity contribution in [3.05, 3.63) is 28.1 Å². The molecule has 0 saturated heterocycles. The van der Waals surface area contributed by atoms with Gasteiger partial charge in [0.05, 0.1) is 47.4 Å². The van der Waals surface area contributed by atoms with Gasteiger partial charge in [0.15, 0.2) is 21.8 Å². The lowest BCUT2D eigenvalue weighted by Gasteiger charge is -2.05. The summed E-state index contributed by atoms with van der Waals surface area (Å²) >= 11 is 4.85. The fourth-order valence-electron chi connectivity index (χ4n) is 2.53. The molecule has 8 nitrogen and oxygen atoms in total. The molecular weight excluding hydrogens is 513 g/mol. The number of carbonyl (C=O) groups excluding carboxylic acids is 1. The SMILES string of the molecule is COc1cc2nc(NC(=O)CSc3nc4cc(I)ncc4[nH]3)sc2cc1OC. The predicted molar refractivity (Wildman–Crippen MR) is 119 cm³/mol. The quantitative estimate of drug-likeness (QED) is 0.223. The third-order valence-corrected chi connectivity index (χ3v) is 6.19. The summed E-state index contributed by atoms with van der Waals surface area (Å²) in [5.41, 5.74) is 2.42. The minimum absolute atomic E-state index is 0.156. The van der Waals surface area contributed by atoms with Crippen molar-refractivity contribution < 1.29 is 14.3 Å². The third-order valence-electron chi connectivity index (χ3n) is 3.79. The molecule has 0 atom stereocenters. The monoisotopic (exact) mass is 527 g/mol. The number of aromatic amines is 1. The normalized spacial score (nSPS) is 11.1. The van der Waals surface area contributed by atoms with Gasteiger partial charge in [-0.05, 0) is 28.7 Å². The minimum atomic E-state index is -0.156. The number of rotatable bonds is 6. The van der Waals surface area contributed by atoms with Gasteiger partial charge in [-0.1, -0.05) is 23.1 Å². The second-order valence-corrected chi connectivity index (χ2v) is 8.70. The molecule has 0 aliphatic rings. The Balaban J connectivity index is 1.44. The van der Waals surface area contributed by atoms with Crippen molar-refractivity contribution in [3.8, 4) is 11.5 Å². The standard InChI is InChI=1S/C17H14IN5O3S2/c1-25-11-3-9-13(5-12(11)26-2)28-17(21-9)23-15(24)7-27-16-20-8-4-14(18)19-6-10(8)22-16/h3-6H,7H2,1-2H3,(H,20,22)(H,21,23,24). The fraction of sp³-hybridized carbons (Fsp3) is 0.176. The second kappa shape index (κ2) is 8.09. The average molecular weight is 527 g/mol. The van der Waals surface area contributed by atoms with Gasteiger partial charge >= 0.3 is 0 Å². The number of H-pyrrole nitrogens is 1. The highest BCUT2D eigenvalue weighted by Crippen LogP contribution is 2.36.